The number of fused-ring (bicyclic) bond motifs is 1. The van der Waals surface area contributed by atoms with E-state index in [2.05, 4.69) is 10.2 Å². The Morgan fingerprint density at radius 2 is 2.11 bits per heavy atom. The Hall–Kier alpha value is -2.29. The molecule has 0 bridgehead atoms. The molecule has 28 heavy (non-hydrogen) atoms. The molecule has 8 nitrogen and oxygen atoms in total. The number of ether oxygens (including phenoxy) is 1. The largest absolute Gasteiger partial charge is 0.380 e. The summed E-state index contributed by atoms with van der Waals surface area (Å²) < 4.78 is 5.49. The molecule has 0 radical (unpaired) electrons. The minimum atomic E-state index is -0.580. The van der Waals surface area contributed by atoms with Gasteiger partial charge in [0.05, 0.1) is 6.10 Å². The molecule has 150 valence electrons. The fourth-order valence-electron chi connectivity index (χ4n) is 4.51. The maximum absolute atomic E-state index is 12.8. The van der Waals surface area contributed by atoms with Crippen molar-refractivity contribution in [2.24, 2.45) is 5.73 Å². The third-order valence-electron chi connectivity index (χ3n) is 6.07. The van der Waals surface area contributed by atoms with Gasteiger partial charge in [0.1, 0.15) is 6.04 Å². The van der Waals surface area contributed by atoms with E-state index in [1.54, 1.807) is 12.0 Å². The van der Waals surface area contributed by atoms with Crippen LogP contribution in [0.2, 0.25) is 0 Å². The lowest BCUT2D eigenvalue weighted by Gasteiger charge is -2.29. The first-order valence-electron chi connectivity index (χ1n) is 9.73. The second-order valence-corrected chi connectivity index (χ2v) is 7.80. The van der Waals surface area contributed by atoms with E-state index in [-0.39, 0.29) is 30.2 Å². The van der Waals surface area contributed by atoms with Crippen LogP contribution in [0.3, 0.4) is 0 Å². The van der Waals surface area contributed by atoms with E-state index in [0.29, 0.717) is 31.1 Å². The fourth-order valence-corrected chi connectivity index (χ4v) is 4.51. The molecule has 0 aliphatic carbocycles. The lowest BCUT2D eigenvalue weighted by Crippen LogP contribution is -2.52. The number of likely N-dealkylation sites (tertiary alicyclic amines) is 1. The highest BCUT2D eigenvalue weighted by atomic mass is 16.5. The highest BCUT2D eigenvalue weighted by molar-refractivity contribution is 6.05. The van der Waals surface area contributed by atoms with E-state index < -0.39 is 6.04 Å². The molecule has 0 aromatic heterocycles. The van der Waals surface area contributed by atoms with E-state index >= 15 is 0 Å². The zero-order valence-corrected chi connectivity index (χ0v) is 16.0. The first-order valence-corrected chi connectivity index (χ1v) is 9.73. The number of benzene rings is 1. The molecule has 3 aliphatic rings. The van der Waals surface area contributed by atoms with Crippen molar-refractivity contribution < 1.29 is 19.1 Å². The number of nitrogens with two attached hydrogens (primary N) is 1. The normalized spacial score (nSPS) is 28.0. The first kappa shape index (κ1) is 19.0. The monoisotopic (exact) mass is 386 g/mol. The molecule has 1 aromatic carbocycles. The SMILES string of the molecule is CO[C@@H]1C[C@@H](CN)N(Cc2ccc3c(c2)CN(C2CCC(=O)NC2=O)C3=O)C1. The molecule has 3 aliphatic heterocycles. The summed E-state index contributed by atoms with van der Waals surface area (Å²) in [5, 5.41) is 2.33. The molecule has 2 fully saturated rings. The summed E-state index contributed by atoms with van der Waals surface area (Å²) in [5.74, 6) is -0.801. The summed E-state index contributed by atoms with van der Waals surface area (Å²) in [5.41, 5.74) is 8.60. The van der Waals surface area contributed by atoms with Crippen LogP contribution in [-0.2, 0) is 27.4 Å². The van der Waals surface area contributed by atoms with Crippen molar-refractivity contribution in [2.75, 3.05) is 20.2 Å². The van der Waals surface area contributed by atoms with Gasteiger partial charge in [-0.3, -0.25) is 24.6 Å². The fraction of sp³-hybridized carbons (Fsp3) is 0.550. The molecule has 8 heteroatoms. The molecule has 1 aromatic rings. The van der Waals surface area contributed by atoms with Gasteiger partial charge in [-0.1, -0.05) is 12.1 Å². The second-order valence-electron chi connectivity index (χ2n) is 7.80. The molecule has 3 heterocycles. The molecule has 0 saturated carbocycles. The maximum atomic E-state index is 12.8. The average molecular weight is 386 g/mol. The van der Waals surface area contributed by atoms with Gasteiger partial charge in [-0.05, 0) is 30.0 Å². The van der Waals surface area contributed by atoms with Gasteiger partial charge in [0.25, 0.3) is 5.91 Å². The quantitative estimate of drug-likeness (QED) is 0.690. The van der Waals surface area contributed by atoms with Crippen LogP contribution >= 0.6 is 0 Å². The molecular weight excluding hydrogens is 360 g/mol. The van der Waals surface area contributed by atoms with Crippen molar-refractivity contribution in [1.82, 2.24) is 15.1 Å². The minimum Gasteiger partial charge on any atom is -0.380 e. The Morgan fingerprint density at radius 1 is 1.29 bits per heavy atom. The summed E-state index contributed by atoms with van der Waals surface area (Å²) in [6.07, 6.45) is 1.77. The van der Waals surface area contributed by atoms with Gasteiger partial charge in [0.2, 0.25) is 11.8 Å². The van der Waals surface area contributed by atoms with E-state index in [1.807, 2.05) is 18.2 Å². The number of rotatable bonds is 5. The molecule has 1 unspecified atom stereocenters. The van der Waals surface area contributed by atoms with Crippen LogP contribution in [0, 0.1) is 0 Å². The zero-order valence-electron chi connectivity index (χ0n) is 16.0. The molecule has 3 amide bonds. The predicted octanol–water partition coefficient (Wildman–Crippen LogP) is -0.00440. The third-order valence-corrected chi connectivity index (χ3v) is 6.07. The van der Waals surface area contributed by atoms with Crippen molar-refractivity contribution in [3.05, 3.63) is 34.9 Å². The minimum absolute atomic E-state index is 0.142. The number of hydrogen-bond acceptors (Lipinski definition) is 6. The number of imide groups is 1. The van der Waals surface area contributed by atoms with Crippen LogP contribution in [0.25, 0.3) is 0 Å². The van der Waals surface area contributed by atoms with Crippen LogP contribution in [0.15, 0.2) is 18.2 Å². The average Bonchev–Trinajstić information content (AvgIpc) is 3.22. The van der Waals surface area contributed by atoms with Crippen LogP contribution in [0.1, 0.15) is 40.7 Å². The van der Waals surface area contributed by atoms with Crippen LogP contribution in [0.4, 0.5) is 0 Å². The third kappa shape index (κ3) is 3.43. The number of amides is 3. The number of nitrogens with one attached hydrogen (secondary N) is 1. The van der Waals surface area contributed by atoms with Crippen molar-refractivity contribution in [1.29, 1.82) is 0 Å². The van der Waals surface area contributed by atoms with E-state index in [0.717, 1.165) is 30.6 Å². The van der Waals surface area contributed by atoms with Crippen LogP contribution in [0.5, 0.6) is 0 Å². The molecule has 4 rings (SSSR count). The van der Waals surface area contributed by atoms with Crippen molar-refractivity contribution in [3.63, 3.8) is 0 Å². The molecule has 3 atom stereocenters. The standard InChI is InChI=1S/C20H26N4O4/c1-28-15-7-14(8-21)23(11-15)9-12-2-3-16-13(6-12)10-24(20(16)27)17-4-5-18(25)22-19(17)26/h2-3,6,14-15,17H,4-5,7-11,21H2,1H3,(H,22,25,26)/t14-,15+,17?/m0/s1. The smallest absolute Gasteiger partial charge is 0.255 e. The molecule has 0 spiro atoms. The Morgan fingerprint density at radius 3 is 2.82 bits per heavy atom. The van der Waals surface area contributed by atoms with E-state index in [1.165, 1.54) is 0 Å². The number of hydrogen-bond donors (Lipinski definition) is 2. The highest BCUT2D eigenvalue weighted by Crippen LogP contribution is 2.29. The molecular formula is C20H26N4O4. The van der Waals surface area contributed by atoms with Crippen LogP contribution < -0.4 is 11.1 Å². The molecule has 2 saturated heterocycles. The summed E-state index contributed by atoms with van der Waals surface area (Å²) in [6.45, 7) is 2.58. The Labute approximate surface area is 164 Å². The summed E-state index contributed by atoms with van der Waals surface area (Å²) in [7, 11) is 1.73. The van der Waals surface area contributed by atoms with Gasteiger partial charge in [0.15, 0.2) is 0 Å². The maximum Gasteiger partial charge on any atom is 0.255 e. The van der Waals surface area contributed by atoms with Gasteiger partial charge >= 0.3 is 0 Å². The second kappa shape index (κ2) is 7.62. The topological polar surface area (TPSA) is 105 Å². The summed E-state index contributed by atoms with van der Waals surface area (Å²) in [4.78, 5) is 40.2. The lowest BCUT2D eigenvalue weighted by molar-refractivity contribution is -0.136. The number of nitrogens with zero attached hydrogens (tertiary/aromatic N) is 2. The molecule has 3 N–H and O–H groups in total. The van der Waals surface area contributed by atoms with Gasteiger partial charge in [-0.25, -0.2) is 0 Å². The van der Waals surface area contributed by atoms with Crippen molar-refractivity contribution in [3.8, 4) is 0 Å². The van der Waals surface area contributed by atoms with Crippen molar-refractivity contribution in [2.45, 2.75) is 50.5 Å². The number of piperidine rings is 1. The summed E-state index contributed by atoms with van der Waals surface area (Å²) >= 11 is 0. The van der Waals surface area contributed by atoms with Gasteiger partial charge < -0.3 is 15.4 Å². The number of carbonyl (C=O) groups excluding carboxylic acids is 3. The van der Waals surface area contributed by atoms with Crippen molar-refractivity contribution >= 4 is 17.7 Å². The van der Waals surface area contributed by atoms with Gasteiger partial charge in [-0.2, -0.15) is 0 Å². The first-order chi connectivity index (χ1) is 13.5. The number of methoxy groups -OCH3 is 1. The summed E-state index contributed by atoms with van der Waals surface area (Å²) in [6, 6.07) is 5.58. The highest BCUT2D eigenvalue weighted by Gasteiger charge is 2.39. The number of carbonyl (C=O) groups is 3. The van der Waals surface area contributed by atoms with Gasteiger partial charge in [-0.15, -0.1) is 0 Å². The lowest BCUT2D eigenvalue weighted by atomic mass is 10.0. The predicted molar refractivity (Wildman–Crippen MR) is 101 cm³/mol. The zero-order chi connectivity index (χ0) is 19.8. The van der Waals surface area contributed by atoms with E-state index in [9.17, 15) is 14.4 Å². The van der Waals surface area contributed by atoms with E-state index in [4.69, 9.17) is 10.5 Å². The Bertz CT molecular complexity index is 811. The van der Waals surface area contributed by atoms with Crippen LogP contribution in [-0.4, -0.2) is 65.9 Å². The van der Waals surface area contributed by atoms with Gasteiger partial charge in [0, 0.05) is 51.3 Å². The Balaban J connectivity index is 1.48. The Kier molecular flexibility index (Phi) is 5.18.